The Morgan fingerprint density at radius 2 is 1.78 bits per heavy atom. The van der Waals surface area contributed by atoms with E-state index in [0.717, 1.165) is 12.1 Å². The number of hydrogen-bond acceptors (Lipinski definition) is 9. The number of benzene rings is 3. The zero-order chi connectivity index (χ0) is 26.2. The summed E-state index contributed by atoms with van der Waals surface area (Å²) in [5.74, 6) is -0.341. The van der Waals surface area contributed by atoms with Crippen molar-refractivity contribution in [2.75, 3.05) is 12.4 Å². The molecule has 0 aromatic heterocycles. The highest BCUT2D eigenvalue weighted by molar-refractivity contribution is 6.10. The molecule has 0 aliphatic rings. The molecule has 36 heavy (non-hydrogen) atoms. The van der Waals surface area contributed by atoms with Gasteiger partial charge in [-0.2, -0.15) is 10.5 Å². The second kappa shape index (κ2) is 10.9. The van der Waals surface area contributed by atoms with Gasteiger partial charge in [0.1, 0.15) is 46.2 Å². The number of nitro groups is 2. The van der Waals surface area contributed by atoms with Gasteiger partial charge in [-0.1, -0.05) is 12.1 Å². The van der Waals surface area contributed by atoms with E-state index in [1.165, 1.54) is 43.5 Å². The largest absolute Gasteiger partial charge is 0.496 e. The Morgan fingerprint density at radius 1 is 1.00 bits per heavy atom. The third-order valence-electron chi connectivity index (χ3n) is 4.71. The number of nitro benzene ring substituents is 2. The summed E-state index contributed by atoms with van der Waals surface area (Å²) in [6.45, 7) is 0. The Kier molecular flexibility index (Phi) is 7.54. The van der Waals surface area contributed by atoms with Crippen LogP contribution in [-0.4, -0.2) is 22.9 Å². The normalized spacial score (nSPS) is 10.5. The van der Waals surface area contributed by atoms with Gasteiger partial charge in [0.15, 0.2) is 0 Å². The summed E-state index contributed by atoms with van der Waals surface area (Å²) in [5.41, 5.74) is -0.812. The van der Waals surface area contributed by atoms with Crippen LogP contribution in [0.4, 0.5) is 17.1 Å². The average molecular weight is 485 g/mol. The van der Waals surface area contributed by atoms with Gasteiger partial charge in [0.25, 0.3) is 17.3 Å². The lowest BCUT2D eigenvalue weighted by Crippen LogP contribution is -2.14. The number of rotatable bonds is 8. The summed E-state index contributed by atoms with van der Waals surface area (Å²) in [5, 5.41) is 43.4. The van der Waals surface area contributed by atoms with Crippen molar-refractivity contribution in [3.63, 3.8) is 0 Å². The van der Waals surface area contributed by atoms with Crippen molar-refractivity contribution >= 4 is 29.0 Å². The van der Waals surface area contributed by atoms with Crippen LogP contribution in [0.5, 0.6) is 17.2 Å². The molecule has 0 aliphatic carbocycles. The van der Waals surface area contributed by atoms with E-state index in [1.54, 1.807) is 24.3 Å². The van der Waals surface area contributed by atoms with E-state index < -0.39 is 21.4 Å². The number of nitriles is 2. The molecule has 0 unspecified atom stereocenters. The van der Waals surface area contributed by atoms with E-state index in [-0.39, 0.29) is 39.8 Å². The molecular weight excluding hydrogens is 470 g/mol. The molecule has 12 nitrogen and oxygen atoms in total. The van der Waals surface area contributed by atoms with Crippen LogP contribution < -0.4 is 14.8 Å². The van der Waals surface area contributed by atoms with E-state index in [1.807, 2.05) is 6.07 Å². The Labute approximate surface area is 203 Å². The SMILES string of the molecule is COc1ccc(NC(=O)/C(C#N)=C/c2cccc(Oc3ccc([N+](=O)[O-])cc3C#N)c2)c([N+](=O)[O-])c1. The summed E-state index contributed by atoms with van der Waals surface area (Å²) >= 11 is 0. The molecule has 0 bridgehead atoms. The van der Waals surface area contributed by atoms with Gasteiger partial charge < -0.3 is 14.8 Å². The number of hydrogen-bond donors (Lipinski definition) is 1. The van der Waals surface area contributed by atoms with Crippen LogP contribution in [0.2, 0.25) is 0 Å². The van der Waals surface area contributed by atoms with Gasteiger partial charge in [0, 0.05) is 12.1 Å². The first-order valence-electron chi connectivity index (χ1n) is 9.97. The molecule has 0 heterocycles. The Morgan fingerprint density at radius 3 is 2.42 bits per heavy atom. The van der Waals surface area contributed by atoms with Crippen LogP contribution in [0, 0.1) is 42.9 Å². The lowest BCUT2D eigenvalue weighted by Gasteiger charge is -2.09. The van der Waals surface area contributed by atoms with Crippen LogP contribution in [0.15, 0.2) is 66.2 Å². The van der Waals surface area contributed by atoms with Crippen molar-refractivity contribution in [2.24, 2.45) is 0 Å². The lowest BCUT2D eigenvalue weighted by atomic mass is 10.1. The number of carbonyl (C=O) groups is 1. The maximum Gasteiger partial charge on any atom is 0.296 e. The maximum atomic E-state index is 12.6. The molecule has 0 radical (unpaired) electrons. The number of ether oxygens (including phenoxy) is 2. The minimum Gasteiger partial charge on any atom is -0.496 e. The quantitative estimate of drug-likeness (QED) is 0.204. The van der Waals surface area contributed by atoms with Crippen molar-refractivity contribution in [2.45, 2.75) is 0 Å². The third-order valence-corrected chi connectivity index (χ3v) is 4.71. The van der Waals surface area contributed by atoms with Gasteiger partial charge in [-0.25, -0.2) is 0 Å². The molecule has 3 aromatic rings. The topological polar surface area (TPSA) is 181 Å². The van der Waals surface area contributed by atoms with E-state index >= 15 is 0 Å². The highest BCUT2D eigenvalue weighted by Gasteiger charge is 2.19. The molecular formula is C24H15N5O7. The molecule has 0 spiro atoms. The monoisotopic (exact) mass is 485 g/mol. The molecule has 0 fully saturated rings. The molecule has 3 aromatic carbocycles. The number of anilines is 1. The fourth-order valence-electron chi connectivity index (χ4n) is 3.00. The van der Waals surface area contributed by atoms with Gasteiger partial charge in [0.05, 0.1) is 23.0 Å². The van der Waals surface area contributed by atoms with Gasteiger partial charge in [-0.15, -0.1) is 0 Å². The predicted octanol–water partition coefficient (Wildman–Crippen LogP) is 4.72. The first-order chi connectivity index (χ1) is 17.2. The van der Waals surface area contributed by atoms with Gasteiger partial charge in [-0.05, 0) is 42.0 Å². The van der Waals surface area contributed by atoms with Crippen molar-refractivity contribution in [3.05, 3.63) is 97.6 Å². The Hall–Kier alpha value is -5.75. The maximum absolute atomic E-state index is 12.6. The minimum atomic E-state index is -0.876. The van der Waals surface area contributed by atoms with Gasteiger partial charge >= 0.3 is 0 Å². The lowest BCUT2D eigenvalue weighted by molar-refractivity contribution is -0.384. The summed E-state index contributed by atoms with van der Waals surface area (Å²) in [4.78, 5) is 33.6. The number of amides is 1. The van der Waals surface area contributed by atoms with Crippen molar-refractivity contribution in [3.8, 4) is 29.4 Å². The van der Waals surface area contributed by atoms with Crippen LogP contribution >= 0.6 is 0 Å². The van der Waals surface area contributed by atoms with E-state index in [0.29, 0.717) is 5.56 Å². The summed E-state index contributed by atoms with van der Waals surface area (Å²) in [6, 6.07) is 17.2. The van der Waals surface area contributed by atoms with E-state index in [2.05, 4.69) is 5.32 Å². The second-order valence-electron chi connectivity index (χ2n) is 6.99. The fourth-order valence-corrected chi connectivity index (χ4v) is 3.00. The van der Waals surface area contributed by atoms with Gasteiger partial charge in [0.2, 0.25) is 0 Å². The zero-order valence-electron chi connectivity index (χ0n) is 18.5. The molecule has 0 saturated carbocycles. The smallest absolute Gasteiger partial charge is 0.296 e. The van der Waals surface area contributed by atoms with Crippen LogP contribution in [0.25, 0.3) is 6.08 Å². The molecule has 0 aliphatic heterocycles. The molecule has 1 N–H and O–H groups in total. The van der Waals surface area contributed by atoms with Gasteiger partial charge in [-0.3, -0.25) is 25.0 Å². The fraction of sp³-hybridized carbons (Fsp3) is 0.0417. The first kappa shape index (κ1) is 24.9. The number of carbonyl (C=O) groups excluding carboxylic acids is 1. The average Bonchev–Trinajstić information content (AvgIpc) is 2.87. The van der Waals surface area contributed by atoms with E-state index in [9.17, 15) is 35.5 Å². The van der Waals surface area contributed by atoms with Crippen LogP contribution in [0.1, 0.15) is 11.1 Å². The first-order valence-corrected chi connectivity index (χ1v) is 9.97. The summed E-state index contributed by atoms with van der Waals surface area (Å²) in [7, 11) is 1.34. The van der Waals surface area contributed by atoms with Crippen molar-refractivity contribution in [1.82, 2.24) is 0 Å². The standard InChI is InChI=1S/C24H15N5O7/c1-35-19-6-7-21(22(12-19)29(33)34)27-24(30)17(14-26)9-15-3-2-4-20(10-15)36-23-8-5-18(28(31)32)11-16(23)13-25/h2-12H,1H3,(H,27,30)/b17-9+. The second-order valence-corrected chi connectivity index (χ2v) is 6.99. The van der Waals surface area contributed by atoms with Crippen molar-refractivity contribution < 1.29 is 24.1 Å². The number of nitrogens with one attached hydrogen (secondary N) is 1. The third kappa shape index (κ3) is 5.78. The summed E-state index contributed by atoms with van der Waals surface area (Å²) < 4.78 is 10.6. The highest BCUT2D eigenvalue weighted by atomic mass is 16.6. The minimum absolute atomic E-state index is 0.0525. The van der Waals surface area contributed by atoms with Crippen molar-refractivity contribution in [1.29, 1.82) is 10.5 Å². The zero-order valence-corrected chi connectivity index (χ0v) is 18.5. The van der Waals surface area contributed by atoms with Crippen LogP contribution in [0.3, 0.4) is 0 Å². The Balaban J connectivity index is 1.85. The molecule has 12 heteroatoms. The molecule has 0 atom stereocenters. The molecule has 178 valence electrons. The number of methoxy groups -OCH3 is 1. The number of non-ortho nitro benzene ring substituents is 1. The molecule has 3 rings (SSSR count). The summed E-state index contributed by atoms with van der Waals surface area (Å²) in [6.07, 6.45) is 1.25. The Bertz CT molecular complexity index is 1480. The van der Waals surface area contributed by atoms with Crippen LogP contribution in [-0.2, 0) is 4.79 Å². The molecule has 0 saturated heterocycles. The molecule has 1 amide bonds. The predicted molar refractivity (Wildman–Crippen MR) is 126 cm³/mol. The number of nitrogens with zero attached hydrogens (tertiary/aromatic N) is 4. The van der Waals surface area contributed by atoms with E-state index in [4.69, 9.17) is 9.47 Å². The highest BCUT2D eigenvalue weighted by Crippen LogP contribution is 2.31.